The first-order valence-electron chi connectivity index (χ1n) is 4.94. The lowest BCUT2D eigenvalue weighted by molar-refractivity contribution is 0.228. The molecule has 0 aromatic heterocycles. The normalized spacial score (nSPS) is 32.7. The van der Waals surface area contributed by atoms with Crippen molar-refractivity contribution in [3.8, 4) is 0 Å². The minimum atomic E-state index is 0.838. The smallest absolute Gasteiger partial charge is 0.00489 e. The van der Waals surface area contributed by atoms with Gasteiger partial charge in [-0.15, -0.1) is 0 Å². The van der Waals surface area contributed by atoms with Crippen LogP contribution in [0, 0.1) is 17.8 Å². The molecule has 1 nitrogen and oxygen atoms in total. The Balaban J connectivity index is 2.24. The van der Waals surface area contributed by atoms with Crippen LogP contribution in [-0.4, -0.2) is 6.54 Å². The minimum absolute atomic E-state index is 0.838. The average molecular weight is 155 g/mol. The summed E-state index contributed by atoms with van der Waals surface area (Å²) in [5.74, 6) is 2.71. The summed E-state index contributed by atoms with van der Waals surface area (Å²) < 4.78 is 0. The van der Waals surface area contributed by atoms with Gasteiger partial charge in [0.25, 0.3) is 0 Å². The van der Waals surface area contributed by atoms with Crippen LogP contribution >= 0.6 is 0 Å². The molecule has 0 aromatic carbocycles. The van der Waals surface area contributed by atoms with E-state index in [-0.39, 0.29) is 0 Å². The zero-order valence-electron chi connectivity index (χ0n) is 7.84. The fourth-order valence-corrected chi connectivity index (χ4v) is 2.09. The van der Waals surface area contributed by atoms with Crippen LogP contribution in [0.5, 0.6) is 0 Å². The van der Waals surface area contributed by atoms with E-state index in [1.807, 2.05) is 0 Å². The van der Waals surface area contributed by atoms with E-state index in [1.54, 1.807) is 0 Å². The van der Waals surface area contributed by atoms with Crippen LogP contribution in [0.25, 0.3) is 0 Å². The molecule has 66 valence electrons. The quantitative estimate of drug-likeness (QED) is 0.651. The average Bonchev–Trinajstić information content (AvgIpc) is 2.05. The maximum Gasteiger partial charge on any atom is -0.00489 e. The van der Waals surface area contributed by atoms with E-state index in [9.17, 15) is 0 Å². The van der Waals surface area contributed by atoms with Crippen molar-refractivity contribution in [3.05, 3.63) is 0 Å². The summed E-state index contributed by atoms with van der Waals surface area (Å²) >= 11 is 0. The second-order valence-electron chi connectivity index (χ2n) is 4.26. The highest BCUT2D eigenvalue weighted by atomic mass is 14.5. The minimum Gasteiger partial charge on any atom is -0.330 e. The van der Waals surface area contributed by atoms with Gasteiger partial charge in [0.15, 0.2) is 0 Å². The summed E-state index contributed by atoms with van der Waals surface area (Å²) in [5.41, 5.74) is 5.62. The summed E-state index contributed by atoms with van der Waals surface area (Å²) in [4.78, 5) is 0. The lowest BCUT2D eigenvalue weighted by atomic mass is 9.77. The van der Waals surface area contributed by atoms with E-state index in [4.69, 9.17) is 5.73 Å². The largest absolute Gasteiger partial charge is 0.330 e. The highest BCUT2D eigenvalue weighted by molar-refractivity contribution is 4.74. The Hall–Kier alpha value is -0.0400. The molecule has 0 aliphatic heterocycles. The second-order valence-corrected chi connectivity index (χ2v) is 4.26. The van der Waals surface area contributed by atoms with Crippen molar-refractivity contribution >= 4 is 0 Å². The van der Waals surface area contributed by atoms with E-state index in [2.05, 4.69) is 13.8 Å². The molecule has 0 spiro atoms. The third kappa shape index (κ3) is 2.48. The highest BCUT2D eigenvalue weighted by Gasteiger charge is 2.21. The molecule has 11 heavy (non-hydrogen) atoms. The molecule has 0 aromatic rings. The zero-order chi connectivity index (χ0) is 8.27. The van der Waals surface area contributed by atoms with Gasteiger partial charge in [0.1, 0.15) is 0 Å². The zero-order valence-corrected chi connectivity index (χ0v) is 7.84. The lowest BCUT2D eigenvalue weighted by Gasteiger charge is -2.29. The summed E-state index contributed by atoms with van der Waals surface area (Å²) in [6.45, 7) is 5.59. The predicted octanol–water partition coefficient (Wildman–Crippen LogP) is 2.41. The molecular weight excluding hydrogens is 134 g/mol. The topological polar surface area (TPSA) is 26.0 Å². The SMILES string of the molecule is CC(C)[C@H]1CC[C@H](CN)CC1. The molecule has 1 saturated carbocycles. The van der Waals surface area contributed by atoms with Crippen molar-refractivity contribution in [2.45, 2.75) is 39.5 Å². The lowest BCUT2D eigenvalue weighted by Crippen LogP contribution is -2.23. The Morgan fingerprint density at radius 3 is 2.09 bits per heavy atom. The molecule has 0 bridgehead atoms. The molecule has 0 heterocycles. The maximum atomic E-state index is 5.62. The molecule has 1 fully saturated rings. The van der Waals surface area contributed by atoms with Gasteiger partial charge >= 0.3 is 0 Å². The summed E-state index contributed by atoms with van der Waals surface area (Å²) in [7, 11) is 0. The second kappa shape index (κ2) is 4.10. The van der Waals surface area contributed by atoms with Crippen LogP contribution in [0.15, 0.2) is 0 Å². The molecule has 1 aliphatic carbocycles. The van der Waals surface area contributed by atoms with E-state index in [0.717, 1.165) is 24.3 Å². The standard InChI is InChI=1S/C10H21N/c1-8(2)10-5-3-9(7-11)4-6-10/h8-10H,3-7,11H2,1-2H3/t9-,10-. The van der Waals surface area contributed by atoms with E-state index in [0.29, 0.717) is 0 Å². The number of rotatable bonds is 2. The molecular formula is C10H21N. The molecule has 0 radical (unpaired) electrons. The molecule has 2 N–H and O–H groups in total. The molecule has 1 rings (SSSR count). The predicted molar refractivity (Wildman–Crippen MR) is 49.3 cm³/mol. The van der Waals surface area contributed by atoms with Crippen molar-refractivity contribution in [1.29, 1.82) is 0 Å². The molecule has 1 heteroatoms. The van der Waals surface area contributed by atoms with Crippen LogP contribution in [0.2, 0.25) is 0 Å². The first-order valence-corrected chi connectivity index (χ1v) is 4.94. The van der Waals surface area contributed by atoms with Crippen LogP contribution in [0.1, 0.15) is 39.5 Å². The Bertz CT molecular complexity index is 101. The van der Waals surface area contributed by atoms with Crippen molar-refractivity contribution in [2.75, 3.05) is 6.54 Å². The Morgan fingerprint density at radius 2 is 1.73 bits per heavy atom. The van der Waals surface area contributed by atoms with Crippen LogP contribution < -0.4 is 5.73 Å². The monoisotopic (exact) mass is 155 g/mol. The van der Waals surface area contributed by atoms with E-state index in [1.165, 1.54) is 25.7 Å². The van der Waals surface area contributed by atoms with Gasteiger partial charge in [-0.3, -0.25) is 0 Å². The van der Waals surface area contributed by atoms with E-state index < -0.39 is 0 Å². The van der Waals surface area contributed by atoms with E-state index >= 15 is 0 Å². The van der Waals surface area contributed by atoms with Gasteiger partial charge in [-0.25, -0.2) is 0 Å². The van der Waals surface area contributed by atoms with Gasteiger partial charge in [-0.05, 0) is 50.0 Å². The van der Waals surface area contributed by atoms with Crippen molar-refractivity contribution in [2.24, 2.45) is 23.5 Å². The first-order chi connectivity index (χ1) is 5.24. The van der Waals surface area contributed by atoms with Gasteiger partial charge in [0.05, 0.1) is 0 Å². The molecule has 0 amide bonds. The molecule has 0 saturated heterocycles. The number of hydrogen-bond donors (Lipinski definition) is 1. The fraction of sp³-hybridized carbons (Fsp3) is 1.00. The van der Waals surface area contributed by atoms with Crippen LogP contribution in [0.4, 0.5) is 0 Å². The first kappa shape index (κ1) is 9.05. The molecule has 0 unspecified atom stereocenters. The molecule has 1 aliphatic rings. The third-order valence-electron chi connectivity index (χ3n) is 3.17. The van der Waals surface area contributed by atoms with Crippen molar-refractivity contribution in [3.63, 3.8) is 0 Å². The summed E-state index contributed by atoms with van der Waals surface area (Å²) in [6, 6.07) is 0. The fourth-order valence-electron chi connectivity index (χ4n) is 2.09. The Labute approximate surface area is 70.4 Å². The number of nitrogens with two attached hydrogens (primary N) is 1. The summed E-state index contributed by atoms with van der Waals surface area (Å²) in [6.07, 6.45) is 5.58. The Kier molecular flexibility index (Phi) is 3.38. The van der Waals surface area contributed by atoms with Crippen LogP contribution in [0.3, 0.4) is 0 Å². The maximum absolute atomic E-state index is 5.62. The van der Waals surface area contributed by atoms with Crippen molar-refractivity contribution < 1.29 is 0 Å². The summed E-state index contributed by atoms with van der Waals surface area (Å²) in [5, 5.41) is 0. The van der Waals surface area contributed by atoms with Crippen LogP contribution in [-0.2, 0) is 0 Å². The third-order valence-corrected chi connectivity index (χ3v) is 3.17. The van der Waals surface area contributed by atoms with Crippen molar-refractivity contribution in [1.82, 2.24) is 0 Å². The molecule has 0 atom stereocenters. The van der Waals surface area contributed by atoms with Gasteiger partial charge in [0.2, 0.25) is 0 Å². The Morgan fingerprint density at radius 1 is 1.18 bits per heavy atom. The highest BCUT2D eigenvalue weighted by Crippen LogP contribution is 2.32. The van der Waals surface area contributed by atoms with Gasteiger partial charge in [-0.1, -0.05) is 13.8 Å². The van der Waals surface area contributed by atoms with Gasteiger partial charge in [0, 0.05) is 0 Å². The number of hydrogen-bond acceptors (Lipinski definition) is 1. The van der Waals surface area contributed by atoms with Gasteiger partial charge in [-0.2, -0.15) is 0 Å². The van der Waals surface area contributed by atoms with Gasteiger partial charge < -0.3 is 5.73 Å².